The van der Waals surface area contributed by atoms with Crippen molar-refractivity contribution in [3.05, 3.63) is 70.8 Å². The Bertz CT molecular complexity index is 1280. The van der Waals surface area contributed by atoms with Gasteiger partial charge in [-0.3, -0.25) is 9.59 Å². The van der Waals surface area contributed by atoms with Crippen molar-refractivity contribution in [2.75, 3.05) is 26.3 Å². The fourth-order valence-corrected chi connectivity index (χ4v) is 5.84. The number of nitrogens with one attached hydrogen (secondary N) is 2. The second kappa shape index (κ2) is 17.3. The van der Waals surface area contributed by atoms with Crippen molar-refractivity contribution in [2.24, 2.45) is 0 Å². The van der Waals surface area contributed by atoms with Crippen LogP contribution in [-0.4, -0.2) is 117 Å². The minimum absolute atomic E-state index is 0.0705. The summed E-state index contributed by atoms with van der Waals surface area (Å²) in [5, 5.41) is 75.4. The van der Waals surface area contributed by atoms with E-state index in [-0.39, 0.29) is 24.8 Å². The number of hydrogen-bond donors (Lipinski definition) is 9. The van der Waals surface area contributed by atoms with Gasteiger partial charge in [0.2, 0.25) is 0 Å². The summed E-state index contributed by atoms with van der Waals surface area (Å²) in [6.07, 6.45) is -5.59. The Morgan fingerprint density at radius 3 is 1.67 bits per heavy atom. The van der Waals surface area contributed by atoms with Crippen LogP contribution in [0.2, 0.25) is 0 Å². The first-order chi connectivity index (χ1) is 22.1. The maximum absolute atomic E-state index is 12.7. The van der Waals surface area contributed by atoms with Crippen LogP contribution in [0.1, 0.15) is 82.6 Å². The molecule has 13 nitrogen and oxygen atoms in total. The van der Waals surface area contributed by atoms with Gasteiger partial charge in [-0.25, -0.2) is 0 Å². The quantitative estimate of drug-likeness (QED) is 0.123. The maximum Gasteiger partial charge on any atom is 0.251 e. The highest BCUT2D eigenvalue weighted by Crippen LogP contribution is 2.33. The topological polar surface area (TPSA) is 218 Å². The third kappa shape index (κ3) is 9.09. The van der Waals surface area contributed by atoms with Gasteiger partial charge in [0, 0.05) is 30.6 Å². The van der Waals surface area contributed by atoms with Gasteiger partial charge in [-0.05, 0) is 48.2 Å². The molecule has 2 aromatic carbocycles. The lowest BCUT2D eigenvalue weighted by atomic mass is 9.90. The second-order valence-corrected chi connectivity index (χ2v) is 11.9. The van der Waals surface area contributed by atoms with Gasteiger partial charge in [0.05, 0.1) is 25.4 Å². The molecule has 9 N–H and O–H groups in total. The Balaban J connectivity index is 1.12. The van der Waals surface area contributed by atoms with Crippen LogP contribution in [0.3, 0.4) is 0 Å². The van der Waals surface area contributed by atoms with E-state index in [2.05, 4.69) is 10.6 Å². The third-order valence-corrected chi connectivity index (χ3v) is 8.53. The Labute approximate surface area is 267 Å². The lowest BCUT2D eigenvalue weighted by Gasteiger charge is -2.40. The van der Waals surface area contributed by atoms with Gasteiger partial charge >= 0.3 is 0 Å². The van der Waals surface area contributed by atoms with Crippen LogP contribution in [0.5, 0.6) is 0 Å². The molecule has 5 unspecified atom stereocenters. The van der Waals surface area contributed by atoms with E-state index in [1.165, 1.54) is 0 Å². The summed E-state index contributed by atoms with van der Waals surface area (Å²) in [6.45, 7) is 0.0547. The SMILES string of the molecule is O=C(NCCCCCCCNC(=O)c1cccc([C@H]2OC(CO)[C@@H](O)C(O)C2O)c1)c1cccc(C2O[C@H](CO)C(O)C[C@@H]2O)c1. The molecule has 2 amide bonds. The number of amides is 2. The molecule has 0 aliphatic carbocycles. The van der Waals surface area contributed by atoms with E-state index < -0.39 is 61.5 Å². The summed E-state index contributed by atoms with van der Waals surface area (Å²) in [5.74, 6) is -0.544. The maximum atomic E-state index is 12.7. The van der Waals surface area contributed by atoms with Gasteiger partial charge in [-0.2, -0.15) is 0 Å². The minimum atomic E-state index is -1.50. The van der Waals surface area contributed by atoms with Crippen LogP contribution in [0, 0.1) is 0 Å². The summed E-state index contributed by atoms with van der Waals surface area (Å²) < 4.78 is 11.3. The molecule has 0 radical (unpaired) electrons. The van der Waals surface area contributed by atoms with E-state index in [4.69, 9.17) is 9.47 Å². The molecule has 4 rings (SSSR count). The van der Waals surface area contributed by atoms with Crippen LogP contribution in [0.15, 0.2) is 48.5 Å². The molecule has 2 heterocycles. The van der Waals surface area contributed by atoms with Gasteiger partial charge in [-0.1, -0.05) is 43.5 Å². The van der Waals surface area contributed by atoms with Crippen LogP contribution >= 0.6 is 0 Å². The molecule has 0 saturated carbocycles. The zero-order valence-electron chi connectivity index (χ0n) is 25.6. The van der Waals surface area contributed by atoms with Gasteiger partial charge in [0.25, 0.3) is 11.8 Å². The summed E-state index contributed by atoms with van der Waals surface area (Å²) in [6, 6.07) is 13.2. The van der Waals surface area contributed by atoms with Crippen LogP contribution in [-0.2, 0) is 9.47 Å². The molecule has 13 heteroatoms. The summed E-state index contributed by atoms with van der Waals surface area (Å²) in [4.78, 5) is 25.4. The van der Waals surface area contributed by atoms with E-state index >= 15 is 0 Å². The molecule has 2 aromatic rings. The molecular formula is C33H46N2O11. The number of aliphatic hydroxyl groups excluding tert-OH is 7. The number of ether oxygens (including phenoxy) is 2. The van der Waals surface area contributed by atoms with Crippen molar-refractivity contribution in [3.63, 3.8) is 0 Å². The normalized spacial score (nSPS) is 29.7. The first-order valence-electron chi connectivity index (χ1n) is 15.8. The van der Waals surface area contributed by atoms with Crippen LogP contribution < -0.4 is 10.6 Å². The van der Waals surface area contributed by atoms with Crippen molar-refractivity contribution in [1.82, 2.24) is 10.6 Å². The molecule has 2 saturated heterocycles. The highest BCUT2D eigenvalue weighted by atomic mass is 16.5. The predicted molar refractivity (Wildman–Crippen MR) is 165 cm³/mol. The molecule has 46 heavy (non-hydrogen) atoms. The molecule has 0 bridgehead atoms. The van der Waals surface area contributed by atoms with Crippen molar-refractivity contribution < 1.29 is 54.8 Å². The second-order valence-electron chi connectivity index (χ2n) is 11.9. The summed E-state index contributed by atoms with van der Waals surface area (Å²) in [7, 11) is 0. The number of carbonyl (C=O) groups is 2. The summed E-state index contributed by atoms with van der Waals surface area (Å²) >= 11 is 0. The smallest absolute Gasteiger partial charge is 0.251 e. The average Bonchev–Trinajstić information content (AvgIpc) is 3.06. The highest BCUT2D eigenvalue weighted by Gasteiger charge is 2.44. The van der Waals surface area contributed by atoms with Crippen molar-refractivity contribution in [1.29, 1.82) is 0 Å². The van der Waals surface area contributed by atoms with E-state index in [1.54, 1.807) is 48.5 Å². The first-order valence-corrected chi connectivity index (χ1v) is 15.8. The number of rotatable bonds is 14. The van der Waals surface area contributed by atoms with Crippen molar-refractivity contribution in [3.8, 4) is 0 Å². The zero-order valence-corrected chi connectivity index (χ0v) is 25.6. The number of carbonyl (C=O) groups excluding carboxylic acids is 2. The van der Waals surface area contributed by atoms with Crippen LogP contribution in [0.4, 0.5) is 0 Å². The largest absolute Gasteiger partial charge is 0.394 e. The molecule has 254 valence electrons. The minimum Gasteiger partial charge on any atom is -0.394 e. The molecule has 2 aliphatic heterocycles. The fraction of sp³-hybridized carbons (Fsp3) is 0.576. The van der Waals surface area contributed by atoms with Crippen molar-refractivity contribution >= 4 is 11.8 Å². The average molecular weight is 647 g/mol. The molecule has 2 fully saturated rings. The molecule has 0 spiro atoms. The Morgan fingerprint density at radius 1 is 0.630 bits per heavy atom. The molecule has 2 aliphatic rings. The Morgan fingerprint density at radius 2 is 1.13 bits per heavy atom. The standard InChI is InChI=1S/C33H46N2O11/c36-17-25-23(38)16-24(39)30(45-25)19-8-6-10-21(14-19)32(43)34-12-4-2-1-3-5-13-35-33(44)22-11-7-9-20(15-22)31-29(42)28(41)27(40)26(18-37)46-31/h6-11,14-15,23-31,36-42H,1-5,12-13,16-18H2,(H,34,43)(H,35,44)/t23?,24-,25+,26?,27+,28?,29?,30?,31+/m0/s1. The van der Waals surface area contributed by atoms with Gasteiger partial charge in [0.1, 0.15) is 42.7 Å². The number of benzene rings is 2. The third-order valence-electron chi connectivity index (χ3n) is 8.53. The monoisotopic (exact) mass is 646 g/mol. The number of hydrogen-bond acceptors (Lipinski definition) is 11. The number of aliphatic hydroxyl groups is 7. The van der Waals surface area contributed by atoms with Crippen LogP contribution in [0.25, 0.3) is 0 Å². The Hall–Kier alpha value is -2.98. The molecule has 0 aromatic heterocycles. The Kier molecular flexibility index (Phi) is 13.5. The van der Waals surface area contributed by atoms with E-state index in [0.717, 1.165) is 32.1 Å². The summed E-state index contributed by atoms with van der Waals surface area (Å²) in [5.41, 5.74) is 1.82. The first kappa shape index (κ1) is 35.9. The van der Waals surface area contributed by atoms with Crippen molar-refractivity contribution in [2.45, 2.75) is 93.5 Å². The van der Waals surface area contributed by atoms with E-state index in [9.17, 15) is 45.3 Å². The lowest BCUT2D eigenvalue weighted by molar-refractivity contribution is -0.231. The van der Waals surface area contributed by atoms with E-state index in [1.807, 2.05) is 0 Å². The predicted octanol–water partition coefficient (Wildman–Crippen LogP) is -0.144. The van der Waals surface area contributed by atoms with E-state index in [0.29, 0.717) is 35.3 Å². The van der Waals surface area contributed by atoms with Gasteiger partial charge in [0.15, 0.2) is 0 Å². The number of unbranched alkanes of at least 4 members (excludes halogenated alkanes) is 4. The molecule has 9 atom stereocenters. The lowest BCUT2D eigenvalue weighted by Crippen LogP contribution is -2.55. The molecular weight excluding hydrogens is 600 g/mol. The highest BCUT2D eigenvalue weighted by molar-refractivity contribution is 5.94. The van der Waals surface area contributed by atoms with Gasteiger partial charge in [-0.15, -0.1) is 0 Å². The zero-order chi connectivity index (χ0) is 33.2. The van der Waals surface area contributed by atoms with Gasteiger partial charge < -0.3 is 55.9 Å². The fourth-order valence-electron chi connectivity index (χ4n) is 5.84.